The largest absolute Gasteiger partial charge is 0.542 e. The van der Waals surface area contributed by atoms with Crippen molar-refractivity contribution >= 4 is 11.9 Å². The number of carboxylic acid groups (broad SMARTS) is 2. The van der Waals surface area contributed by atoms with E-state index in [0.29, 0.717) is 12.4 Å². The molecule has 8 nitrogen and oxygen atoms in total. The zero-order valence-electron chi connectivity index (χ0n) is 14.6. The SMILES string of the molecule is O=C(O)c1ccc(C[n+]2ccc(-c3ncccn3)cn2)cc1.O=C([O-])C(F)(F)F. The average molecular weight is 406 g/mol. The highest BCUT2D eigenvalue weighted by Crippen LogP contribution is 2.11. The number of aliphatic carboxylic acids is 1. The molecule has 0 aliphatic heterocycles. The highest BCUT2D eigenvalue weighted by Gasteiger charge is 2.28. The van der Waals surface area contributed by atoms with E-state index in [2.05, 4.69) is 15.1 Å². The summed E-state index contributed by atoms with van der Waals surface area (Å²) in [4.78, 5) is 27.9. The van der Waals surface area contributed by atoms with Gasteiger partial charge in [-0.05, 0) is 23.3 Å². The van der Waals surface area contributed by atoms with E-state index in [-0.39, 0.29) is 5.56 Å². The Morgan fingerprint density at radius 1 is 1.07 bits per heavy atom. The van der Waals surface area contributed by atoms with E-state index in [1.165, 1.54) is 0 Å². The minimum atomic E-state index is -5.19. The van der Waals surface area contributed by atoms with E-state index in [9.17, 15) is 18.0 Å². The van der Waals surface area contributed by atoms with Gasteiger partial charge in [0.1, 0.15) is 12.2 Å². The molecule has 3 rings (SSSR count). The molecule has 0 bridgehead atoms. The van der Waals surface area contributed by atoms with Gasteiger partial charge in [-0.15, -0.1) is 0 Å². The molecule has 0 atom stereocenters. The molecule has 3 aromatic rings. The first-order valence-corrected chi connectivity index (χ1v) is 7.90. The van der Waals surface area contributed by atoms with Gasteiger partial charge >= 0.3 is 12.1 Å². The number of carbonyl (C=O) groups excluding carboxylic acids is 1. The van der Waals surface area contributed by atoms with Gasteiger partial charge < -0.3 is 15.0 Å². The van der Waals surface area contributed by atoms with E-state index in [0.717, 1.165) is 11.1 Å². The molecule has 2 heterocycles. The van der Waals surface area contributed by atoms with Crippen LogP contribution in [0, 0.1) is 0 Å². The van der Waals surface area contributed by atoms with Crippen LogP contribution in [0.1, 0.15) is 15.9 Å². The number of carboxylic acids is 2. The summed E-state index contributed by atoms with van der Waals surface area (Å²) in [5, 5.41) is 22.0. The van der Waals surface area contributed by atoms with Crippen LogP contribution >= 0.6 is 0 Å². The van der Waals surface area contributed by atoms with Crippen molar-refractivity contribution in [3.63, 3.8) is 0 Å². The summed E-state index contributed by atoms with van der Waals surface area (Å²) in [6.07, 6.45) is 1.73. The number of nitrogens with zero attached hydrogens (tertiary/aromatic N) is 4. The lowest BCUT2D eigenvalue weighted by molar-refractivity contribution is -0.746. The molecular formula is C18H13F3N4O4. The number of hydrogen-bond donors (Lipinski definition) is 1. The Bertz CT molecular complexity index is 963. The summed E-state index contributed by atoms with van der Waals surface area (Å²) in [5.74, 6) is -3.30. The van der Waals surface area contributed by atoms with Crippen molar-refractivity contribution in [2.45, 2.75) is 12.7 Å². The fourth-order valence-electron chi connectivity index (χ4n) is 2.00. The maximum Gasteiger partial charge on any atom is 0.430 e. The second-order valence-electron chi connectivity index (χ2n) is 5.47. The molecule has 0 aliphatic rings. The normalized spacial score (nSPS) is 10.6. The molecule has 0 aliphatic carbocycles. The predicted octanol–water partition coefficient (Wildman–Crippen LogP) is 0.871. The summed E-state index contributed by atoms with van der Waals surface area (Å²) in [5.41, 5.74) is 2.10. The highest BCUT2D eigenvalue weighted by molar-refractivity contribution is 5.87. The molecule has 1 N–H and O–H groups in total. The van der Waals surface area contributed by atoms with Crippen LogP contribution in [0.15, 0.2) is 61.2 Å². The van der Waals surface area contributed by atoms with Gasteiger partial charge in [-0.1, -0.05) is 16.8 Å². The summed E-state index contributed by atoms with van der Waals surface area (Å²) in [6.45, 7) is 0.565. The van der Waals surface area contributed by atoms with Crippen LogP contribution in [0.4, 0.5) is 13.2 Å². The first kappa shape index (κ1) is 21.4. The maximum absolute atomic E-state index is 10.8. The Labute approximate surface area is 161 Å². The Morgan fingerprint density at radius 3 is 2.10 bits per heavy atom. The van der Waals surface area contributed by atoms with Gasteiger partial charge in [0.15, 0.2) is 18.6 Å². The minimum absolute atomic E-state index is 0.276. The van der Waals surface area contributed by atoms with Crippen LogP contribution in [0.5, 0.6) is 0 Å². The van der Waals surface area contributed by atoms with E-state index in [1.807, 2.05) is 12.3 Å². The third-order valence-corrected chi connectivity index (χ3v) is 3.37. The van der Waals surface area contributed by atoms with Crippen LogP contribution in [0.2, 0.25) is 0 Å². The zero-order chi connectivity index (χ0) is 21.4. The first-order valence-electron chi connectivity index (χ1n) is 7.90. The summed E-state index contributed by atoms with van der Waals surface area (Å²) in [6, 6.07) is 10.4. The van der Waals surface area contributed by atoms with Crippen LogP contribution in [0.3, 0.4) is 0 Å². The van der Waals surface area contributed by atoms with Crippen LogP contribution in [0.25, 0.3) is 11.4 Å². The summed E-state index contributed by atoms with van der Waals surface area (Å²) < 4.78 is 33.3. The molecule has 0 radical (unpaired) electrons. The number of halogens is 3. The van der Waals surface area contributed by atoms with Gasteiger partial charge in [0.05, 0.1) is 5.56 Å². The number of hydrogen-bond acceptors (Lipinski definition) is 6. The number of rotatable bonds is 4. The fourth-order valence-corrected chi connectivity index (χ4v) is 2.00. The second-order valence-corrected chi connectivity index (χ2v) is 5.47. The first-order chi connectivity index (χ1) is 13.7. The molecule has 0 saturated carbocycles. The lowest BCUT2D eigenvalue weighted by atomic mass is 10.1. The van der Waals surface area contributed by atoms with Crippen molar-refractivity contribution in [2.24, 2.45) is 0 Å². The zero-order valence-corrected chi connectivity index (χ0v) is 14.6. The van der Waals surface area contributed by atoms with Crippen molar-refractivity contribution in [1.82, 2.24) is 15.1 Å². The molecule has 0 spiro atoms. The molecule has 11 heteroatoms. The predicted molar refractivity (Wildman–Crippen MR) is 89.0 cm³/mol. The monoisotopic (exact) mass is 406 g/mol. The maximum atomic E-state index is 10.8. The molecule has 2 aromatic heterocycles. The molecule has 0 unspecified atom stereocenters. The standard InChI is InChI=1S/C16H12N4O2.C2HF3O2/c21-16(22)13-4-2-12(3-5-13)11-20-9-6-14(10-19-20)15-17-7-1-8-18-15;3-2(4,5)1(6)7/h1-10H,11H2;(H,6,7). The number of aromatic nitrogens is 4. The number of aromatic carboxylic acids is 1. The molecule has 1 aromatic carbocycles. The molecule has 0 amide bonds. The second kappa shape index (κ2) is 9.35. The average Bonchev–Trinajstić information content (AvgIpc) is 2.69. The Kier molecular flexibility index (Phi) is 6.90. The Balaban J connectivity index is 0.000000370. The van der Waals surface area contributed by atoms with E-state index in [1.54, 1.807) is 53.6 Å². The molecule has 0 saturated heterocycles. The summed E-state index contributed by atoms with van der Waals surface area (Å²) in [7, 11) is 0. The van der Waals surface area contributed by atoms with Gasteiger partial charge in [-0.2, -0.15) is 13.2 Å². The fraction of sp³-hybridized carbons (Fsp3) is 0.111. The molecule has 0 fully saturated rings. The van der Waals surface area contributed by atoms with E-state index < -0.39 is 18.1 Å². The van der Waals surface area contributed by atoms with Crippen LogP contribution in [-0.2, 0) is 11.3 Å². The smallest absolute Gasteiger partial charge is 0.430 e. The Hall–Kier alpha value is -3.89. The van der Waals surface area contributed by atoms with E-state index >= 15 is 0 Å². The lowest BCUT2D eigenvalue weighted by Gasteiger charge is -2.03. The topological polar surface area (TPSA) is 120 Å². The summed E-state index contributed by atoms with van der Waals surface area (Å²) >= 11 is 0. The molecule has 29 heavy (non-hydrogen) atoms. The minimum Gasteiger partial charge on any atom is -0.542 e. The molecular weight excluding hydrogens is 393 g/mol. The van der Waals surface area contributed by atoms with Crippen molar-refractivity contribution in [3.8, 4) is 11.4 Å². The number of carbonyl (C=O) groups is 2. The Morgan fingerprint density at radius 2 is 1.66 bits per heavy atom. The van der Waals surface area contributed by atoms with E-state index in [4.69, 9.17) is 15.0 Å². The van der Waals surface area contributed by atoms with Crippen molar-refractivity contribution in [2.75, 3.05) is 0 Å². The van der Waals surface area contributed by atoms with Crippen molar-refractivity contribution < 1.29 is 37.7 Å². The van der Waals surface area contributed by atoms with Gasteiger partial charge in [0, 0.05) is 29.6 Å². The van der Waals surface area contributed by atoms with Crippen molar-refractivity contribution in [3.05, 3.63) is 72.3 Å². The van der Waals surface area contributed by atoms with Crippen LogP contribution in [-0.4, -0.2) is 38.3 Å². The number of alkyl halides is 3. The van der Waals surface area contributed by atoms with Gasteiger partial charge in [-0.25, -0.2) is 14.8 Å². The van der Waals surface area contributed by atoms with Gasteiger partial charge in [0.25, 0.3) is 0 Å². The van der Waals surface area contributed by atoms with Crippen molar-refractivity contribution in [1.29, 1.82) is 0 Å². The third-order valence-electron chi connectivity index (χ3n) is 3.37. The van der Waals surface area contributed by atoms with Gasteiger partial charge in [-0.3, -0.25) is 0 Å². The lowest BCUT2D eigenvalue weighted by Crippen LogP contribution is -2.37. The number of benzene rings is 1. The van der Waals surface area contributed by atoms with Gasteiger partial charge in [0.2, 0.25) is 0 Å². The quantitative estimate of drug-likeness (QED) is 0.639. The molecule has 150 valence electrons. The third kappa shape index (κ3) is 6.65. The van der Waals surface area contributed by atoms with Crippen LogP contribution < -0.4 is 9.79 Å². The highest BCUT2D eigenvalue weighted by atomic mass is 19.4.